The van der Waals surface area contributed by atoms with Gasteiger partial charge in [0.15, 0.2) is 0 Å². The van der Waals surface area contributed by atoms with E-state index in [1.165, 1.54) is 93.7 Å². The van der Waals surface area contributed by atoms with Crippen LogP contribution in [-0.2, 0) is 10.8 Å². The van der Waals surface area contributed by atoms with E-state index in [2.05, 4.69) is 261 Å². The number of nitrogens with zero attached hydrogens (tertiary/aromatic N) is 5. The maximum absolute atomic E-state index is 5.23. The molecule has 8 aromatic carbocycles. The van der Waals surface area contributed by atoms with Crippen molar-refractivity contribution in [2.75, 3.05) is 26.3 Å². The largest absolute Gasteiger partial charge is 0.321 e. The summed E-state index contributed by atoms with van der Waals surface area (Å²) in [6, 6.07) is 74.6. The minimum atomic E-state index is -0.0101. The van der Waals surface area contributed by atoms with Crippen molar-refractivity contribution in [2.24, 2.45) is 0 Å². The van der Waals surface area contributed by atoms with Crippen LogP contribution in [0.25, 0.3) is 33.4 Å². The second-order valence-electron chi connectivity index (χ2n) is 22.4. The third-order valence-electron chi connectivity index (χ3n) is 15.5. The normalized spacial score (nSPS) is 14.5. The molecule has 1 fully saturated rings. The number of fused-ring (bicyclic) bond motifs is 6. The summed E-state index contributed by atoms with van der Waals surface area (Å²) < 4.78 is 0. The van der Waals surface area contributed by atoms with Gasteiger partial charge in [-0.05, 0) is 153 Å². The molecule has 12 rings (SSSR count). The molecule has 1 saturated carbocycles. The van der Waals surface area contributed by atoms with Crippen molar-refractivity contribution in [1.29, 1.82) is 0 Å². The molecule has 0 unspecified atom stereocenters. The maximum atomic E-state index is 5.23. The zero-order chi connectivity index (χ0) is 49.8. The first-order chi connectivity index (χ1) is 35.5. The molecular formula is C68H65N5. The van der Waals surface area contributed by atoms with Crippen LogP contribution < -0.4 is 19.6 Å². The van der Waals surface area contributed by atoms with Gasteiger partial charge in [-0.15, -0.1) is 0 Å². The quantitative estimate of drug-likeness (QED) is 0.151. The predicted molar refractivity (Wildman–Crippen MR) is 309 cm³/mol. The Morgan fingerprint density at radius 3 is 1.63 bits per heavy atom. The summed E-state index contributed by atoms with van der Waals surface area (Å²) in [5.41, 5.74) is 21.3. The van der Waals surface area contributed by atoms with E-state index in [0.717, 1.165) is 45.5 Å². The lowest BCUT2D eigenvalue weighted by Crippen LogP contribution is -2.25. The highest BCUT2D eigenvalue weighted by Crippen LogP contribution is 2.54. The minimum absolute atomic E-state index is 0.0101. The Morgan fingerprint density at radius 2 is 0.986 bits per heavy atom. The van der Waals surface area contributed by atoms with Gasteiger partial charge in [-0.25, -0.2) is 4.98 Å². The molecular weight excluding hydrogens is 887 g/mol. The summed E-state index contributed by atoms with van der Waals surface area (Å²) in [6.07, 6.45) is 8.39. The summed E-state index contributed by atoms with van der Waals surface area (Å²) in [4.78, 5) is 15.1. The molecule has 1 aliphatic carbocycles. The lowest BCUT2D eigenvalue weighted by molar-refractivity contribution is 0.443. The molecule has 0 atom stereocenters. The number of aromatic nitrogens is 1. The summed E-state index contributed by atoms with van der Waals surface area (Å²) in [5, 5.41) is 0. The Morgan fingerprint density at radius 1 is 0.425 bits per heavy atom. The van der Waals surface area contributed by atoms with E-state index < -0.39 is 0 Å². The number of pyridine rings is 1. The van der Waals surface area contributed by atoms with Crippen LogP contribution >= 0.6 is 0 Å². The first-order valence-electron chi connectivity index (χ1n) is 26.4. The smallest absolute Gasteiger partial charge is 0.137 e. The lowest BCUT2D eigenvalue weighted by Gasteiger charge is -2.32. The fourth-order valence-electron chi connectivity index (χ4n) is 11.5. The molecule has 0 spiro atoms. The van der Waals surface area contributed by atoms with E-state index in [0.29, 0.717) is 12.6 Å². The zero-order valence-corrected chi connectivity index (χ0v) is 43.2. The van der Waals surface area contributed by atoms with Crippen LogP contribution in [0.2, 0.25) is 0 Å². The Hall–Kier alpha value is -7.89. The third kappa shape index (κ3) is 8.75. The SMILES string of the molecule is CC(C)(C)c1cc(N2CN(c3cc(-c4ccccc4)cc(N(c4ccccc4)c4ccc5c(c4)N(c4cc(C6CCCCC6)ccn4)c4ccccc4-c4ccccc4-5)c3)c3ccccc32)cc(C(C)(C)C)c1. The molecule has 0 saturated heterocycles. The molecule has 0 bridgehead atoms. The first kappa shape index (κ1) is 46.2. The minimum Gasteiger partial charge on any atom is -0.321 e. The average molecular weight is 952 g/mol. The van der Waals surface area contributed by atoms with Gasteiger partial charge in [0.2, 0.25) is 0 Å². The van der Waals surface area contributed by atoms with E-state index in [1.54, 1.807) is 0 Å². The second-order valence-corrected chi connectivity index (χ2v) is 22.4. The molecule has 5 heteroatoms. The first-order valence-corrected chi connectivity index (χ1v) is 26.4. The monoisotopic (exact) mass is 952 g/mol. The van der Waals surface area contributed by atoms with Gasteiger partial charge in [-0.1, -0.05) is 176 Å². The van der Waals surface area contributed by atoms with Crippen LogP contribution in [-0.4, -0.2) is 11.7 Å². The van der Waals surface area contributed by atoms with Gasteiger partial charge in [0.05, 0.1) is 22.7 Å². The Kier molecular flexibility index (Phi) is 11.8. The van der Waals surface area contributed by atoms with Gasteiger partial charge in [0.25, 0.3) is 0 Å². The fourth-order valence-corrected chi connectivity index (χ4v) is 11.5. The van der Waals surface area contributed by atoms with Crippen LogP contribution in [0, 0.1) is 0 Å². The molecule has 0 radical (unpaired) electrons. The summed E-state index contributed by atoms with van der Waals surface area (Å²) >= 11 is 0. The Bertz CT molecular complexity index is 3440. The van der Waals surface area contributed by atoms with Crippen molar-refractivity contribution in [1.82, 2.24) is 4.98 Å². The second kappa shape index (κ2) is 18.6. The van der Waals surface area contributed by atoms with Crippen molar-refractivity contribution >= 4 is 57.0 Å². The molecule has 0 N–H and O–H groups in total. The summed E-state index contributed by atoms with van der Waals surface area (Å²) in [5.74, 6) is 1.49. The predicted octanol–water partition coefficient (Wildman–Crippen LogP) is 19.2. The van der Waals surface area contributed by atoms with Gasteiger partial charge >= 0.3 is 0 Å². The highest BCUT2D eigenvalue weighted by Gasteiger charge is 2.33. The molecule has 9 aromatic rings. The molecule has 73 heavy (non-hydrogen) atoms. The fraction of sp³-hybridized carbons (Fsp3) is 0.221. The number of anilines is 10. The third-order valence-corrected chi connectivity index (χ3v) is 15.5. The Balaban J connectivity index is 1.05. The lowest BCUT2D eigenvalue weighted by atomic mass is 9.80. The van der Waals surface area contributed by atoms with Crippen LogP contribution in [0.4, 0.5) is 57.0 Å². The van der Waals surface area contributed by atoms with Gasteiger partial charge in [-0.2, -0.15) is 0 Å². The number of benzene rings is 8. The van der Waals surface area contributed by atoms with E-state index in [1.807, 2.05) is 6.20 Å². The number of hydrogen-bond acceptors (Lipinski definition) is 5. The molecule has 3 aliphatic rings. The van der Waals surface area contributed by atoms with E-state index in [-0.39, 0.29) is 10.8 Å². The highest BCUT2D eigenvalue weighted by molar-refractivity contribution is 6.03. The van der Waals surface area contributed by atoms with Crippen LogP contribution in [0.1, 0.15) is 96.3 Å². The highest BCUT2D eigenvalue weighted by atomic mass is 15.4. The standard InChI is InChI=1S/C68H65N5/c1-67(2,3)51-41-52(68(4,5)6)43-56(42-51)71-46-70(63-32-20-21-33-64(63)71)55-38-50(48-24-12-8-13-25-48)39-57(44-55)72(53-26-14-9-15-27-53)54-34-35-61-59-29-17-16-28-58(59)60-30-18-19-31-62(60)73(65(61)45-54)66-40-49(36-37-69-66)47-22-10-7-11-23-47/h8-9,12-21,24-45,47H,7,10-11,22-23,46H2,1-6H3. The molecule has 0 amide bonds. The zero-order valence-electron chi connectivity index (χ0n) is 43.2. The van der Waals surface area contributed by atoms with E-state index >= 15 is 0 Å². The van der Waals surface area contributed by atoms with Gasteiger partial charge < -0.3 is 14.7 Å². The van der Waals surface area contributed by atoms with Crippen LogP contribution in [0.5, 0.6) is 0 Å². The molecule has 362 valence electrons. The van der Waals surface area contributed by atoms with E-state index in [4.69, 9.17) is 4.98 Å². The van der Waals surface area contributed by atoms with Crippen molar-refractivity contribution in [2.45, 2.75) is 90.4 Å². The van der Waals surface area contributed by atoms with Crippen LogP contribution in [0.3, 0.4) is 0 Å². The molecule has 3 heterocycles. The number of para-hydroxylation sites is 4. The molecule has 2 aliphatic heterocycles. The summed E-state index contributed by atoms with van der Waals surface area (Å²) in [7, 11) is 0. The van der Waals surface area contributed by atoms with Crippen molar-refractivity contribution in [3.8, 4) is 33.4 Å². The van der Waals surface area contributed by atoms with Crippen molar-refractivity contribution in [3.05, 3.63) is 223 Å². The van der Waals surface area contributed by atoms with Gasteiger partial charge in [0.1, 0.15) is 12.5 Å². The topological polar surface area (TPSA) is 25.9 Å². The number of rotatable bonds is 8. The van der Waals surface area contributed by atoms with Crippen molar-refractivity contribution < 1.29 is 0 Å². The van der Waals surface area contributed by atoms with Crippen LogP contribution in [0.15, 0.2) is 206 Å². The van der Waals surface area contributed by atoms with E-state index in [9.17, 15) is 0 Å². The number of hydrogen-bond donors (Lipinski definition) is 0. The Labute approximate surface area is 433 Å². The average Bonchev–Trinajstić information content (AvgIpc) is 3.76. The summed E-state index contributed by atoms with van der Waals surface area (Å²) in [6.45, 7) is 14.6. The molecule has 1 aromatic heterocycles. The molecule has 5 nitrogen and oxygen atoms in total. The van der Waals surface area contributed by atoms with Gasteiger partial charge in [-0.3, -0.25) is 4.90 Å². The van der Waals surface area contributed by atoms with Crippen molar-refractivity contribution in [3.63, 3.8) is 0 Å². The maximum Gasteiger partial charge on any atom is 0.137 e. The van der Waals surface area contributed by atoms with Gasteiger partial charge in [0, 0.05) is 45.8 Å².